The summed E-state index contributed by atoms with van der Waals surface area (Å²) in [6.07, 6.45) is 0. The fourth-order valence-corrected chi connectivity index (χ4v) is 4.05. The second-order valence-corrected chi connectivity index (χ2v) is 8.47. The van der Waals surface area contributed by atoms with E-state index < -0.39 is 5.91 Å². The van der Waals surface area contributed by atoms with E-state index in [-0.39, 0.29) is 18.2 Å². The molecule has 5 rings (SSSR count). The molecule has 0 fully saturated rings. The molecule has 0 atom stereocenters. The molecule has 0 unspecified atom stereocenters. The average molecular weight is 500 g/mol. The van der Waals surface area contributed by atoms with Crippen LogP contribution in [0.3, 0.4) is 0 Å². The molecule has 0 saturated carbocycles. The molecule has 1 N–H and O–H groups in total. The van der Waals surface area contributed by atoms with Gasteiger partial charge in [0, 0.05) is 10.4 Å². The molecular weight excluding hydrogens is 478 g/mol. The highest BCUT2D eigenvalue weighted by Gasteiger charge is 2.17. The second kappa shape index (κ2) is 10.5. The Hall–Kier alpha value is -4.36. The topological polar surface area (TPSA) is 85.4 Å². The molecule has 1 aromatic heterocycles. The van der Waals surface area contributed by atoms with Gasteiger partial charge in [-0.05, 0) is 53.2 Å². The van der Waals surface area contributed by atoms with Crippen molar-refractivity contribution in [3.63, 3.8) is 0 Å². The number of azo groups is 1. The molecule has 0 saturated heterocycles. The summed E-state index contributed by atoms with van der Waals surface area (Å²) in [4.78, 5) is 12.4. The molecule has 7 nitrogen and oxygen atoms in total. The summed E-state index contributed by atoms with van der Waals surface area (Å²) in [7, 11) is 0. The number of fused-ring (bicyclic) bond motifs is 2. The van der Waals surface area contributed by atoms with Gasteiger partial charge in [-0.25, -0.2) is 0 Å². The molecule has 0 spiro atoms. The van der Waals surface area contributed by atoms with Crippen molar-refractivity contribution in [1.29, 1.82) is 0 Å². The average Bonchev–Trinajstić information content (AvgIpc) is 3.17. The molecule has 0 aliphatic carbocycles. The highest BCUT2D eigenvalue weighted by Crippen LogP contribution is 2.38. The van der Waals surface area contributed by atoms with Crippen LogP contribution < -0.4 is 9.47 Å². The number of rotatable bonds is 8. The lowest BCUT2D eigenvalue weighted by Crippen LogP contribution is -2.08. The molecule has 36 heavy (non-hydrogen) atoms. The Bertz CT molecular complexity index is 1560. The van der Waals surface area contributed by atoms with Crippen molar-refractivity contribution in [3.05, 3.63) is 96.0 Å². The molecule has 0 aliphatic rings. The van der Waals surface area contributed by atoms with Crippen LogP contribution in [0.4, 0.5) is 5.69 Å². The van der Waals surface area contributed by atoms with Gasteiger partial charge in [0.1, 0.15) is 18.1 Å². The number of hydrogen-bond acceptors (Lipinski definition) is 5. The first-order valence-corrected chi connectivity index (χ1v) is 11.7. The lowest BCUT2D eigenvalue weighted by Gasteiger charge is -2.09. The maximum Gasteiger partial charge on any atom is 0.302 e. The Morgan fingerprint density at radius 2 is 1.58 bits per heavy atom. The number of amides is 1. The summed E-state index contributed by atoms with van der Waals surface area (Å²) in [5, 5.41) is 22.1. The van der Waals surface area contributed by atoms with Gasteiger partial charge in [0.15, 0.2) is 12.3 Å². The highest BCUT2D eigenvalue weighted by atomic mass is 35.5. The van der Waals surface area contributed by atoms with Gasteiger partial charge in [0.2, 0.25) is 5.88 Å². The van der Waals surface area contributed by atoms with Crippen molar-refractivity contribution in [2.45, 2.75) is 6.54 Å². The monoisotopic (exact) mass is 499 g/mol. The fraction of sp³-hybridized carbons (Fsp3) is 0.107. The van der Waals surface area contributed by atoms with Crippen molar-refractivity contribution in [2.24, 2.45) is 10.2 Å². The molecule has 1 heterocycles. The van der Waals surface area contributed by atoms with Crippen molar-refractivity contribution >= 4 is 44.9 Å². The summed E-state index contributed by atoms with van der Waals surface area (Å²) < 4.78 is 13.0. The van der Waals surface area contributed by atoms with Crippen LogP contribution >= 0.6 is 11.6 Å². The van der Waals surface area contributed by atoms with Crippen LogP contribution in [0.25, 0.3) is 21.7 Å². The third kappa shape index (κ3) is 5.16. The number of benzene rings is 4. The number of halogens is 1. The predicted molar refractivity (Wildman–Crippen MR) is 140 cm³/mol. The maximum atomic E-state index is 12.4. The minimum atomic E-state index is -0.564. The van der Waals surface area contributed by atoms with Crippen LogP contribution in [0.2, 0.25) is 5.02 Å². The number of para-hydroxylation sites is 1. The summed E-state index contributed by atoms with van der Waals surface area (Å²) >= 11 is 5.91. The number of hydrogen-bond donors (Lipinski definition) is 1. The number of aromatic hydroxyl groups is 1. The molecule has 0 aliphatic heterocycles. The lowest BCUT2D eigenvalue weighted by molar-refractivity contribution is -0.120. The first-order valence-electron chi connectivity index (χ1n) is 11.3. The first kappa shape index (κ1) is 23.4. The minimum absolute atomic E-state index is 0.0945. The Morgan fingerprint density at radius 1 is 0.861 bits per heavy atom. The van der Waals surface area contributed by atoms with Crippen molar-refractivity contribution < 1.29 is 19.4 Å². The largest absolute Gasteiger partial charge is 0.493 e. The smallest absolute Gasteiger partial charge is 0.302 e. The Kier molecular flexibility index (Phi) is 6.82. The summed E-state index contributed by atoms with van der Waals surface area (Å²) in [5.41, 5.74) is 0.972. The number of nitrogens with zero attached hydrogens (tertiary/aromatic N) is 3. The van der Waals surface area contributed by atoms with Crippen molar-refractivity contribution in [2.75, 3.05) is 13.2 Å². The zero-order chi connectivity index (χ0) is 24.9. The van der Waals surface area contributed by atoms with Gasteiger partial charge in [-0.2, -0.15) is 0 Å². The Balaban J connectivity index is 1.27. The fourth-order valence-electron chi connectivity index (χ4n) is 3.92. The van der Waals surface area contributed by atoms with Crippen LogP contribution in [-0.2, 0) is 11.3 Å². The van der Waals surface area contributed by atoms with E-state index in [4.69, 9.17) is 21.1 Å². The number of carbonyl (C=O) groups excluding carboxylic acids is 1. The zero-order valence-electron chi connectivity index (χ0n) is 19.2. The lowest BCUT2D eigenvalue weighted by atomic mass is 10.1. The van der Waals surface area contributed by atoms with Crippen LogP contribution in [0, 0.1) is 0 Å². The molecule has 0 bridgehead atoms. The van der Waals surface area contributed by atoms with Gasteiger partial charge in [0.25, 0.3) is 0 Å². The zero-order valence-corrected chi connectivity index (χ0v) is 19.9. The molecule has 1 amide bonds. The van der Waals surface area contributed by atoms with Crippen LogP contribution in [0.1, 0.15) is 0 Å². The maximum absolute atomic E-state index is 12.4. The van der Waals surface area contributed by atoms with Crippen LogP contribution in [0.15, 0.2) is 101 Å². The number of aromatic nitrogens is 1. The predicted octanol–water partition coefficient (Wildman–Crippen LogP) is 6.92. The van der Waals surface area contributed by atoms with Crippen LogP contribution in [-0.4, -0.2) is 28.8 Å². The van der Waals surface area contributed by atoms with Crippen molar-refractivity contribution in [1.82, 2.24) is 4.57 Å². The van der Waals surface area contributed by atoms with E-state index in [1.54, 1.807) is 34.9 Å². The van der Waals surface area contributed by atoms with E-state index in [2.05, 4.69) is 10.2 Å². The van der Waals surface area contributed by atoms with Crippen LogP contribution in [0.5, 0.6) is 17.4 Å². The van der Waals surface area contributed by atoms with Gasteiger partial charge in [-0.15, -0.1) is 10.2 Å². The SMILES string of the molecule is O=C(COc1ccc2ccccc2c1)N=Nc1c(O)n(CCOc2ccc(Cl)cc2)c2ccccc12. The quantitative estimate of drug-likeness (QED) is 0.235. The van der Waals surface area contributed by atoms with E-state index in [0.29, 0.717) is 35.1 Å². The van der Waals surface area contributed by atoms with Gasteiger partial charge in [-0.3, -0.25) is 4.79 Å². The number of carbonyl (C=O) groups is 1. The third-order valence-corrected chi connectivity index (χ3v) is 5.91. The number of ether oxygens (including phenoxy) is 2. The minimum Gasteiger partial charge on any atom is -0.493 e. The van der Waals surface area contributed by atoms with Gasteiger partial charge in [-0.1, -0.05) is 60.1 Å². The van der Waals surface area contributed by atoms with Gasteiger partial charge >= 0.3 is 5.91 Å². The standard InChI is InChI=1S/C28H22ClN3O4/c29-21-10-13-22(14-11-21)35-16-15-32-25-8-4-3-7-24(25)27(28(32)34)31-30-26(33)18-36-23-12-9-19-5-1-2-6-20(19)17-23/h1-14,17,34H,15-16,18H2. The Morgan fingerprint density at radius 3 is 2.42 bits per heavy atom. The normalized spacial score (nSPS) is 11.4. The molecule has 180 valence electrons. The van der Waals surface area contributed by atoms with E-state index in [1.807, 2.05) is 60.7 Å². The highest BCUT2D eigenvalue weighted by molar-refractivity contribution is 6.30. The van der Waals surface area contributed by atoms with Crippen molar-refractivity contribution in [3.8, 4) is 17.4 Å². The molecule has 8 heteroatoms. The van der Waals surface area contributed by atoms with E-state index in [1.165, 1.54) is 0 Å². The molecule has 5 aromatic rings. The first-order chi connectivity index (χ1) is 17.6. The second-order valence-electron chi connectivity index (χ2n) is 8.03. The van der Waals surface area contributed by atoms with Gasteiger partial charge in [0.05, 0.1) is 12.1 Å². The van der Waals surface area contributed by atoms with E-state index >= 15 is 0 Å². The summed E-state index contributed by atoms with van der Waals surface area (Å²) in [6, 6.07) is 27.9. The van der Waals surface area contributed by atoms with E-state index in [0.717, 1.165) is 16.3 Å². The third-order valence-electron chi connectivity index (χ3n) is 5.66. The summed E-state index contributed by atoms with van der Waals surface area (Å²) in [5.74, 6) is 0.582. The Labute approximate surface area is 212 Å². The molecule has 0 radical (unpaired) electrons. The molecule has 4 aromatic carbocycles. The van der Waals surface area contributed by atoms with Gasteiger partial charge < -0.3 is 19.1 Å². The summed E-state index contributed by atoms with van der Waals surface area (Å²) in [6.45, 7) is 0.405. The molecular formula is C28H22ClN3O4. The van der Waals surface area contributed by atoms with E-state index in [9.17, 15) is 9.90 Å².